The van der Waals surface area contributed by atoms with E-state index in [0.29, 0.717) is 48.6 Å². The number of allylic oxidation sites excluding steroid dienone is 1. The van der Waals surface area contributed by atoms with E-state index >= 15 is 0 Å². The van der Waals surface area contributed by atoms with E-state index in [0.717, 1.165) is 19.3 Å². The summed E-state index contributed by atoms with van der Waals surface area (Å²) in [6.45, 7) is 4.69. The second-order valence-electron chi connectivity index (χ2n) is 8.36. The lowest BCUT2D eigenvalue weighted by atomic mass is 9.84. The number of aromatic nitrogens is 2. The quantitative estimate of drug-likeness (QED) is 0.745. The summed E-state index contributed by atoms with van der Waals surface area (Å²) in [5.74, 6) is 1.49. The number of halogens is 3. The summed E-state index contributed by atoms with van der Waals surface area (Å²) in [5.41, 5.74) is -1.05. The average Bonchev–Trinajstić information content (AvgIpc) is 3.31. The van der Waals surface area contributed by atoms with Crippen LogP contribution in [0.25, 0.3) is 0 Å². The number of ether oxygens (including phenoxy) is 1. The average molecular weight is 405 g/mol. The van der Waals surface area contributed by atoms with Crippen molar-refractivity contribution in [3.05, 3.63) is 29.5 Å². The zero-order chi connectivity index (χ0) is 20.8. The minimum Gasteiger partial charge on any atom is -0.476 e. The van der Waals surface area contributed by atoms with Gasteiger partial charge in [-0.15, -0.1) is 0 Å². The van der Waals surface area contributed by atoms with E-state index in [9.17, 15) is 18.4 Å². The number of nitriles is 1. The normalized spacial score (nSPS) is 23.6. The fourth-order valence-corrected chi connectivity index (χ4v) is 3.96. The first kappa shape index (κ1) is 19.7. The predicted molar refractivity (Wildman–Crippen MR) is 99.3 cm³/mol. The number of likely N-dealkylation sites (tertiary alicyclic amines) is 1. The standard InChI is InChI=1S/C20H22F3N5O/c1-19(2)15(9-26-18(19)20(21,22)23)28-6-5-12(10-28)11-29-17-14(7-24)8-25-16(27-17)13-3-4-13/h8-9,12-13H,3-6,10-11H2,1-2H3. The summed E-state index contributed by atoms with van der Waals surface area (Å²) < 4.78 is 45.5. The Kier molecular flexibility index (Phi) is 4.75. The first-order valence-electron chi connectivity index (χ1n) is 9.71. The Hall–Kier alpha value is -2.63. The summed E-state index contributed by atoms with van der Waals surface area (Å²) in [6.07, 6.45) is 1.29. The first-order valence-corrected chi connectivity index (χ1v) is 9.71. The van der Waals surface area contributed by atoms with Crippen molar-refractivity contribution in [2.75, 3.05) is 19.7 Å². The van der Waals surface area contributed by atoms with Crippen molar-refractivity contribution in [3.8, 4) is 11.9 Å². The van der Waals surface area contributed by atoms with E-state index in [4.69, 9.17) is 4.74 Å². The van der Waals surface area contributed by atoms with Gasteiger partial charge in [0.05, 0.1) is 18.2 Å². The topological polar surface area (TPSA) is 74.4 Å². The van der Waals surface area contributed by atoms with Crippen molar-refractivity contribution >= 4 is 5.71 Å². The molecule has 1 saturated carbocycles. The monoisotopic (exact) mass is 405 g/mol. The van der Waals surface area contributed by atoms with Crippen LogP contribution in [0.1, 0.15) is 50.4 Å². The molecule has 1 aliphatic carbocycles. The summed E-state index contributed by atoms with van der Waals surface area (Å²) in [7, 11) is 0. The molecule has 3 aliphatic rings. The van der Waals surface area contributed by atoms with E-state index < -0.39 is 17.3 Å². The Bertz CT molecular complexity index is 912. The second kappa shape index (κ2) is 7.01. The molecule has 1 atom stereocenters. The second-order valence-corrected chi connectivity index (χ2v) is 8.36. The van der Waals surface area contributed by atoms with E-state index in [1.54, 1.807) is 13.8 Å². The number of hydrogen-bond donors (Lipinski definition) is 0. The van der Waals surface area contributed by atoms with Gasteiger partial charge in [-0.05, 0) is 33.1 Å². The van der Waals surface area contributed by atoms with Crippen LogP contribution in [0, 0.1) is 22.7 Å². The number of rotatable bonds is 5. The maximum atomic E-state index is 13.2. The summed E-state index contributed by atoms with van der Waals surface area (Å²) in [5, 5.41) is 9.26. The molecule has 2 aliphatic heterocycles. The Morgan fingerprint density at radius 2 is 2.07 bits per heavy atom. The minimum absolute atomic E-state index is 0.132. The number of aliphatic imine (C=N–C) groups is 1. The van der Waals surface area contributed by atoms with Gasteiger partial charge in [-0.25, -0.2) is 4.98 Å². The Balaban J connectivity index is 1.38. The van der Waals surface area contributed by atoms with Crippen LogP contribution < -0.4 is 4.74 Å². The van der Waals surface area contributed by atoms with Gasteiger partial charge in [0.2, 0.25) is 5.88 Å². The molecule has 0 radical (unpaired) electrons. The van der Waals surface area contributed by atoms with Crippen LogP contribution in [-0.4, -0.2) is 46.5 Å². The molecule has 3 heterocycles. The molecule has 0 aromatic carbocycles. The van der Waals surface area contributed by atoms with Crippen molar-refractivity contribution in [2.45, 2.75) is 45.2 Å². The minimum atomic E-state index is -4.44. The largest absolute Gasteiger partial charge is 0.476 e. The van der Waals surface area contributed by atoms with Crippen LogP contribution in [0.4, 0.5) is 13.2 Å². The number of alkyl halides is 3. The molecule has 0 bridgehead atoms. The zero-order valence-corrected chi connectivity index (χ0v) is 16.3. The molecule has 1 aromatic heterocycles. The highest BCUT2D eigenvalue weighted by Gasteiger charge is 2.50. The van der Waals surface area contributed by atoms with Crippen LogP contribution >= 0.6 is 0 Å². The summed E-state index contributed by atoms with van der Waals surface area (Å²) >= 11 is 0. The van der Waals surface area contributed by atoms with Crippen molar-refractivity contribution in [1.82, 2.24) is 14.9 Å². The number of nitrogens with zero attached hydrogens (tertiary/aromatic N) is 5. The third kappa shape index (κ3) is 3.80. The smallest absolute Gasteiger partial charge is 0.430 e. The lowest BCUT2D eigenvalue weighted by Crippen LogP contribution is -2.40. The Morgan fingerprint density at radius 3 is 2.69 bits per heavy atom. The summed E-state index contributed by atoms with van der Waals surface area (Å²) in [4.78, 5) is 14.2. The molecule has 4 rings (SSSR count). The van der Waals surface area contributed by atoms with Gasteiger partial charge in [0, 0.05) is 36.8 Å². The fraction of sp³-hybridized carbons (Fsp3) is 0.600. The molecular formula is C20H22F3N5O. The highest BCUT2D eigenvalue weighted by molar-refractivity contribution is 5.98. The summed E-state index contributed by atoms with van der Waals surface area (Å²) in [6, 6.07) is 2.05. The molecule has 1 aromatic rings. The zero-order valence-electron chi connectivity index (χ0n) is 16.3. The van der Waals surface area contributed by atoms with Gasteiger partial charge in [0.15, 0.2) is 0 Å². The van der Waals surface area contributed by atoms with Crippen LogP contribution in [0.3, 0.4) is 0 Å². The third-order valence-corrected chi connectivity index (χ3v) is 5.73. The van der Waals surface area contributed by atoms with Crippen LogP contribution in [0.2, 0.25) is 0 Å². The SMILES string of the molecule is CC1(C)C(N2CCC(COc3nc(C4CC4)ncc3C#N)C2)=CN=C1C(F)(F)F. The molecule has 29 heavy (non-hydrogen) atoms. The molecule has 0 N–H and O–H groups in total. The lowest BCUT2D eigenvalue weighted by Gasteiger charge is -2.32. The van der Waals surface area contributed by atoms with Crippen LogP contribution in [0.5, 0.6) is 5.88 Å². The van der Waals surface area contributed by atoms with E-state index in [1.807, 2.05) is 11.0 Å². The molecule has 0 amide bonds. The number of hydrogen-bond acceptors (Lipinski definition) is 6. The molecule has 1 saturated heterocycles. The molecule has 1 unspecified atom stereocenters. The predicted octanol–water partition coefficient (Wildman–Crippen LogP) is 3.81. The van der Waals surface area contributed by atoms with Crippen molar-refractivity contribution in [2.24, 2.45) is 16.3 Å². The van der Waals surface area contributed by atoms with Crippen molar-refractivity contribution in [1.29, 1.82) is 5.26 Å². The van der Waals surface area contributed by atoms with E-state index in [2.05, 4.69) is 15.0 Å². The van der Waals surface area contributed by atoms with E-state index in [-0.39, 0.29) is 5.92 Å². The molecule has 0 spiro atoms. The lowest BCUT2D eigenvalue weighted by molar-refractivity contribution is -0.0645. The Labute approximate surface area is 167 Å². The molecule has 154 valence electrons. The molecule has 2 fully saturated rings. The molecule has 6 nitrogen and oxygen atoms in total. The van der Waals surface area contributed by atoms with Gasteiger partial charge in [0.1, 0.15) is 23.2 Å². The van der Waals surface area contributed by atoms with Gasteiger partial charge < -0.3 is 9.64 Å². The fourth-order valence-electron chi connectivity index (χ4n) is 3.96. The van der Waals surface area contributed by atoms with Crippen molar-refractivity contribution < 1.29 is 17.9 Å². The van der Waals surface area contributed by atoms with Gasteiger partial charge in [-0.3, -0.25) is 4.99 Å². The van der Waals surface area contributed by atoms with Gasteiger partial charge >= 0.3 is 6.18 Å². The first-order chi connectivity index (χ1) is 13.7. The van der Waals surface area contributed by atoms with Gasteiger partial charge in [0.25, 0.3) is 0 Å². The maximum absolute atomic E-state index is 13.2. The third-order valence-electron chi connectivity index (χ3n) is 5.73. The van der Waals surface area contributed by atoms with E-state index in [1.165, 1.54) is 12.4 Å². The highest BCUT2D eigenvalue weighted by atomic mass is 19.4. The molecule has 9 heteroatoms. The van der Waals surface area contributed by atoms with Gasteiger partial charge in [-0.2, -0.15) is 23.4 Å². The van der Waals surface area contributed by atoms with Crippen LogP contribution in [-0.2, 0) is 0 Å². The van der Waals surface area contributed by atoms with Crippen molar-refractivity contribution in [3.63, 3.8) is 0 Å². The van der Waals surface area contributed by atoms with Crippen LogP contribution in [0.15, 0.2) is 23.1 Å². The Morgan fingerprint density at radius 1 is 1.31 bits per heavy atom. The molecular weight excluding hydrogens is 383 g/mol. The van der Waals surface area contributed by atoms with Gasteiger partial charge in [-0.1, -0.05) is 0 Å². The highest BCUT2D eigenvalue weighted by Crippen LogP contribution is 2.43. The maximum Gasteiger partial charge on any atom is 0.430 e.